The van der Waals surface area contributed by atoms with Crippen LogP contribution in [0.5, 0.6) is 0 Å². The largest absolute Gasteiger partial charge is 0.416 e. The standard InChI is InChI=1S/C13H15F3N2O/c14-13(15,16)10-4-5-11(9(7-10)8-17)18-6-2-1-3-12(18)19/h4-5,7H,1-3,6,8,17H2. The third-order valence-corrected chi connectivity index (χ3v) is 3.24. The molecule has 104 valence electrons. The highest BCUT2D eigenvalue weighted by molar-refractivity contribution is 5.94. The summed E-state index contributed by atoms with van der Waals surface area (Å²) in [5, 5.41) is 0. The fourth-order valence-electron chi connectivity index (χ4n) is 2.25. The van der Waals surface area contributed by atoms with Gasteiger partial charge in [-0.2, -0.15) is 13.2 Å². The molecule has 0 bridgehead atoms. The lowest BCUT2D eigenvalue weighted by atomic mass is 10.0. The summed E-state index contributed by atoms with van der Waals surface area (Å²) in [7, 11) is 0. The van der Waals surface area contributed by atoms with E-state index in [1.54, 1.807) is 0 Å². The molecule has 1 aliphatic heterocycles. The number of nitrogens with two attached hydrogens (primary N) is 1. The molecule has 1 amide bonds. The predicted octanol–water partition coefficient (Wildman–Crippen LogP) is 2.68. The van der Waals surface area contributed by atoms with Crippen LogP contribution in [0.15, 0.2) is 18.2 Å². The van der Waals surface area contributed by atoms with E-state index in [4.69, 9.17) is 5.73 Å². The van der Waals surface area contributed by atoms with E-state index >= 15 is 0 Å². The lowest BCUT2D eigenvalue weighted by Crippen LogP contribution is -2.36. The summed E-state index contributed by atoms with van der Waals surface area (Å²) in [5.74, 6) is -0.0549. The number of benzene rings is 1. The lowest BCUT2D eigenvalue weighted by molar-refractivity contribution is -0.137. The molecule has 1 aromatic carbocycles. The Labute approximate surface area is 109 Å². The van der Waals surface area contributed by atoms with Crippen LogP contribution in [0, 0.1) is 0 Å². The zero-order chi connectivity index (χ0) is 14.0. The van der Waals surface area contributed by atoms with Gasteiger partial charge in [0.1, 0.15) is 0 Å². The molecule has 2 rings (SSSR count). The monoisotopic (exact) mass is 272 g/mol. The van der Waals surface area contributed by atoms with Gasteiger partial charge in [-0.3, -0.25) is 4.79 Å². The summed E-state index contributed by atoms with van der Waals surface area (Å²) >= 11 is 0. The highest BCUT2D eigenvalue weighted by Gasteiger charge is 2.31. The highest BCUT2D eigenvalue weighted by atomic mass is 19.4. The van der Waals surface area contributed by atoms with Crippen molar-refractivity contribution in [2.24, 2.45) is 5.73 Å². The van der Waals surface area contributed by atoms with Gasteiger partial charge in [0.25, 0.3) is 0 Å². The van der Waals surface area contributed by atoms with Crippen molar-refractivity contribution in [1.29, 1.82) is 0 Å². The molecule has 2 N–H and O–H groups in total. The van der Waals surface area contributed by atoms with Crippen LogP contribution in [0.25, 0.3) is 0 Å². The minimum atomic E-state index is -4.39. The molecule has 1 aromatic rings. The lowest BCUT2D eigenvalue weighted by Gasteiger charge is -2.29. The van der Waals surface area contributed by atoms with Crippen molar-refractivity contribution >= 4 is 11.6 Å². The molecular weight excluding hydrogens is 257 g/mol. The number of hydrogen-bond donors (Lipinski definition) is 1. The Balaban J connectivity index is 2.38. The van der Waals surface area contributed by atoms with Crippen molar-refractivity contribution in [3.63, 3.8) is 0 Å². The van der Waals surface area contributed by atoms with Crippen LogP contribution in [0.2, 0.25) is 0 Å². The molecule has 1 fully saturated rings. The number of amides is 1. The first-order valence-electron chi connectivity index (χ1n) is 6.14. The Hall–Kier alpha value is -1.56. The third kappa shape index (κ3) is 2.89. The molecule has 0 radical (unpaired) electrons. The van der Waals surface area contributed by atoms with E-state index in [0.29, 0.717) is 24.2 Å². The Morgan fingerprint density at radius 2 is 2.00 bits per heavy atom. The van der Waals surface area contributed by atoms with Crippen molar-refractivity contribution in [3.05, 3.63) is 29.3 Å². The average Bonchev–Trinajstić information content (AvgIpc) is 2.37. The molecular formula is C13H15F3N2O. The number of carbonyl (C=O) groups excluding carboxylic acids is 1. The molecule has 6 heteroatoms. The van der Waals surface area contributed by atoms with Gasteiger partial charge in [0.15, 0.2) is 0 Å². The maximum Gasteiger partial charge on any atom is 0.416 e. The zero-order valence-electron chi connectivity index (χ0n) is 10.3. The van der Waals surface area contributed by atoms with E-state index in [1.165, 1.54) is 11.0 Å². The molecule has 0 spiro atoms. The molecule has 1 heterocycles. The number of hydrogen-bond acceptors (Lipinski definition) is 2. The number of rotatable bonds is 2. The first-order valence-corrected chi connectivity index (χ1v) is 6.14. The number of halogens is 3. The second kappa shape index (κ2) is 5.21. The Morgan fingerprint density at radius 3 is 2.58 bits per heavy atom. The number of piperidine rings is 1. The van der Waals surface area contributed by atoms with Gasteiger partial charge in [-0.1, -0.05) is 0 Å². The zero-order valence-corrected chi connectivity index (χ0v) is 10.3. The maximum absolute atomic E-state index is 12.6. The predicted molar refractivity (Wildman–Crippen MR) is 65.5 cm³/mol. The number of nitrogens with zero attached hydrogens (tertiary/aromatic N) is 1. The SMILES string of the molecule is NCc1cc(C(F)(F)F)ccc1N1CCCCC1=O. The van der Waals surface area contributed by atoms with Crippen molar-refractivity contribution in [1.82, 2.24) is 0 Å². The van der Waals surface area contributed by atoms with Gasteiger partial charge in [-0.25, -0.2) is 0 Å². The first kappa shape index (κ1) is 13.9. The molecule has 19 heavy (non-hydrogen) atoms. The van der Waals surface area contributed by atoms with Gasteiger partial charge in [-0.15, -0.1) is 0 Å². The molecule has 0 aromatic heterocycles. The molecule has 1 aliphatic rings. The fraction of sp³-hybridized carbons (Fsp3) is 0.462. The van der Waals surface area contributed by atoms with Crippen LogP contribution >= 0.6 is 0 Å². The summed E-state index contributed by atoms with van der Waals surface area (Å²) in [6, 6.07) is 3.36. The van der Waals surface area contributed by atoms with E-state index in [0.717, 1.165) is 25.0 Å². The summed E-state index contributed by atoms with van der Waals surface area (Å²) < 4.78 is 37.9. The maximum atomic E-state index is 12.6. The van der Waals surface area contributed by atoms with Crippen molar-refractivity contribution < 1.29 is 18.0 Å². The van der Waals surface area contributed by atoms with Gasteiger partial charge in [0.2, 0.25) is 5.91 Å². The van der Waals surface area contributed by atoms with Gasteiger partial charge in [-0.05, 0) is 36.6 Å². The van der Waals surface area contributed by atoms with Gasteiger partial charge < -0.3 is 10.6 Å². The summed E-state index contributed by atoms with van der Waals surface area (Å²) in [5.41, 5.74) is 5.63. The van der Waals surface area contributed by atoms with Crippen molar-refractivity contribution in [2.45, 2.75) is 32.0 Å². The van der Waals surface area contributed by atoms with E-state index in [9.17, 15) is 18.0 Å². The Morgan fingerprint density at radius 1 is 1.26 bits per heavy atom. The van der Waals surface area contributed by atoms with Gasteiger partial charge in [0, 0.05) is 25.2 Å². The van der Waals surface area contributed by atoms with Crippen LogP contribution in [0.3, 0.4) is 0 Å². The Bertz CT molecular complexity index is 485. The molecule has 3 nitrogen and oxygen atoms in total. The van der Waals surface area contributed by atoms with Crippen LogP contribution in [0.1, 0.15) is 30.4 Å². The molecule has 0 atom stereocenters. The second-order valence-corrected chi connectivity index (χ2v) is 4.55. The van der Waals surface area contributed by atoms with Crippen LogP contribution in [-0.4, -0.2) is 12.5 Å². The first-order chi connectivity index (χ1) is 8.93. The third-order valence-electron chi connectivity index (χ3n) is 3.24. The summed E-state index contributed by atoms with van der Waals surface area (Å²) in [4.78, 5) is 13.3. The minimum absolute atomic E-state index is 0.0248. The smallest absolute Gasteiger partial charge is 0.326 e. The number of carbonyl (C=O) groups is 1. The van der Waals surface area contributed by atoms with Crippen LogP contribution in [0.4, 0.5) is 18.9 Å². The fourth-order valence-corrected chi connectivity index (χ4v) is 2.25. The van der Waals surface area contributed by atoms with E-state index in [2.05, 4.69) is 0 Å². The van der Waals surface area contributed by atoms with E-state index < -0.39 is 11.7 Å². The van der Waals surface area contributed by atoms with E-state index in [1.807, 2.05) is 0 Å². The Kier molecular flexibility index (Phi) is 3.80. The van der Waals surface area contributed by atoms with E-state index in [-0.39, 0.29) is 12.5 Å². The van der Waals surface area contributed by atoms with Gasteiger partial charge in [0.05, 0.1) is 5.56 Å². The highest BCUT2D eigenvalue weighted by Crippen LogP contribution is 2.33. The van der Waals surface area contributed by atoms with Crippen molar-refractivity contribution in [2.75, 3.05) is 11.4 Å². The van der Waals surface area contributed by atoms with Crippen LogP contribution < -0.4 is 10.6 Å². The number of alkyl halides is 3. The molecule has 0 aliphatic carbocycles. The van der Waals surface area contributed by atoms with Crippen molar-refractivity contribution in [3.8, 4) is 0 Å². The second-order valence-electron chi connectivity index (χ2n) is 4.55. The molecule has 1 saturated heterocycles. The molecule has 0 unspecified atom stereocenters. The normalized spacial score (nSPS) is 16.8. The molecule has 0 saturated carbocycles. The summed E-state index contributed by atoms with van der Waals surface area (Å²) in [6.07, 6.45) is -2.27. The quantitative estimate of drug-likeness (QED) is 0.899. The van der Waals surface area contributed by atoms with Crippen LogP contribution in [-0.2, 0) is 17.5 Å². The summed E-state index contributed by atoms with van der Waals surface area (Å²) in [6.45, 7) is 0.514. The number of anilines is 1. The average molecular weight is 272 g/mol. The van der Waals surface area contributed by atoms with Gasteiger partial charge >= 0.3 is 6.18 Å². The topological polar surface area (TPSA) is 46.3 Å². The minimum Gasteiger partial charge on any atom is -0.326 e.